The summed E-state index contributed by atoms with van der Waals surface area (Å²) in [7, 11) is -3.62. The highest BCUT2D eigenvalue weighted by Gasteiger charge is 2.20. The quantitative estimate of drug-likeness (QED) is 0.760. The summed E-state index contributed by atoms with van der Waals surface area (Å²) in [5.41, 5.74) is 3.15. The van der Waals surface area contributed by atoms with E-state index in [0.29, 0.717) is 10.7 Å². The number of hydrogen-bond donors (Lipinski definition) is 1. The molecule has 3 aromatic rings. The molecule has 0 aliphatic rings. The lowest BCUT2D eigenvalue weighted by Crippen LogP contribution is -2.26. The van der Waals surface area contributed by atoms with Crippen molar-refractivity contribution in [1.82, 2.24) is 19.3 Å². The zero-order valence-electron chi connectivity index (χ0n) is 14.8. The van der Waals surface area contributed by atoms with Crippen LogP contribution in [0.2, 0.25) is 0 Å². The number of benzene rings is 1. The van der Waals surface area contributed by atoms with E-state index in [4.69, 9.17) is 0 Å². The van der Waals surface area contributed by atoms with Crippen LogP contribution in [0.4, 0.5) is 0 Å². The van der Waals surface area contributed by atoms with Crippen LogP contribution in [0.25, 0.3) is 11.2 Å². The fourth-order valence-corrected chi connectivity index (χ4v) is 4.19. The van der Waals surface area contributed by atoms with Gasteiger partial charge in [-0.2, -0.15) is 0 Å². The SMILES string of the molecule is Cc1ccc(C)c(S(=O)(=O)NCc2nc3cccnc3n2C(C)C)c1. The maximum absolute atomic E-state index is 12.7. The molecule has 2 aromatic heterocycles. The summed E-state index contributed by atoms with van der Waals surface area (Å²) in [5.74, 6) is 0.651. The number of aryl methyl sites for hydroxylation is 2. The summed E-state index contributed by atoms with van der Waals surface area (Å²) in [6.07, 6.45) is 1.72. The average molecular weight is 358 g/mol. The van der Waals surface area contributed by atoms with E-state index in [0.717, 1.165) is 22.3 Å². The molecular weight excluding hydrogens is 336 g/mol. The van der Waals surface area contributed by atoms with Crippen molar-refractivity contribution in [3.63, 3.8) is 0 Å². The number of imidazole rings is 1. The van der Waals surface area contributed by atoms with E-state index in [1.54, 1.807) is 19.2 Å². The van der Waals surface area contributed by atoms with Crippen LogP contribution >= 0.6 is 0 Å². The van der Waals surface area contributed by atoms with E-state index >= 15 is 0 Å². The van der Waals surface area contributed by atoms with Gasteiger partial charge in [0.15, 0.2) is 5.65 Å². The van der Waals surface area contributed by atoms with Gasteiger partial charge in [-0.15, -0.1) is 0 Å². The maximum atomic E-state index is 12.7. The number of pyridine rings is 1. The van der Waals surface area contributed by atoms with Crippen molar-refractivity contribution in [1.29, 1.82) is 0 Å². The van der Waals surface area contributed by atoms with Crippen molar-refractivity contribution in [2.45, 2.75) is 45.2 Å². The summed E-state index contributed by atoms with van der Waals surface area (Å²) < 4.78 is 30.1. The Bertz CT molecular complexity index is 1020. The molecule has 0 unspecified atom stereocenters. The van der Waals surface area contributed by atoms with Crippen LogP contribution in [0.15, 0.2) is 41.4 Å². The summed E-state index contributed by atoms with van der Waals surface area (Å²) in [6.45, 7) is 7.84. The zero-order chi connectivity index (χ0) is 18.2. The van der Waals surface area contributed by atoms with Crippen LogP contribution in [0.1, 0.15) is 36.8 Å². The van der Waals surface area contributed by atoms with Gasteiger partial charge in [0.2, 0.25) is 10.0 Å². The predicted octanol–water partition coefficient (Wildman–Crippen LogP) is 3.11. The second kappa shape index (κ2) is 6.57. The van der Waals surface area contributed by atoms with E-state index in [9.17, 15) is 8.42 Å². The molecule has 7 heteroatoms. The Kier molecular flexibility index (Phi) is 4.62. The highest BCUT2D eigenvalue weighted by molar-refractivity contribution is 7.89. The van der Waals surface area contributed by atoms with Gasteiger partial charge in [-0.1, -0.05) is 12.1 Å². The molecule has 1 N–H and O–H groups in total. The second-order valence-corrected chi connectivity index (χ2v) is 8.17. The van der Waals surface area contributed by atoms with Crippen LogP contribution in [0.3, 0.4) is 0 Å². The van der Waals surface area contributed by atoms with Gasteiger partial charge in [-0.05, 0) is 57.0 Å². The minimum atomic E-state index is -3.62. The van der Waals surface area contributed by atoms with E-state index in [-0.39, 0.29) is 12.6 Å². The monoisotopic (exact) mass is 358 g/mol. The Morgan fingerprint density at radius 3 is 2.68 bits per heavy atom. The first-order chi connectivity index (χ1) is 11.8. The molecule has 0 radical (unpaired) electrons. The van der Waals surface area contributed by atoms with Gasteiger partial charge >= 0.3 is 0 Å². The third kappa shape index (κ3) is 3.43. The largest absolute Gasteiger partial charge is 0.309 e. The summed E-state index contributed by atoms with van der Waals surface area (Å²) >= 11 is 0. The molecule has 0 spiro atoms. The second-order valence-electron chi connectivity index (χ2n) is 6.43. The highest BCUT2D eigenvalue weighted by atomic mass is 32.2. The summed E-state index contributed by atoms with van der Waals surface area (Å²) in [5, 5.41) is 0. The molecule has 0 atom stereocenters. The first kappa shape index (κ1) is 17.6. The van der Waals surface area contributed by atoms with Gasteiger partial charge in [0.1, 0.15) is 11.3 Å². The lowest BCUT2D eigenvalue weighted by atomic mass is 10.2. The Morgan fingerprint density at radius 1 is 1.20 bits per heavy atom. The third-order valence-electron chi connectivity index (χ3n) is 4.09. The van der Waals surface area contributed by atoms with Gasteiger partial charge in [0.25, 0.3) is 0 Å². The number of sulfonamides is 1. The fraction of sp³-hybridized carbons (Fsp3) is 0.333. The van der Waals surface area contributed by atoms with E-state index in [1.165, 1.54) is 0 Å². The van der Waals surface area contributed by atoms with E-state index < -0.39 is 10.0 Å². The molecule has 0 amide bonds. The summed E-state index contributed by atoms with van der Waals surface area (Å²) in [6, 6.07) is 9.23. The predicted molar refractivity (Wildman–Crippen MR) is 97.9 cm³/mol. The van der Waals surface area contributed by atoms with Crippen LogP contribution < -0.4 is 4.72 Å². The van der Waals surface area contributed by atoms with Gasteiger partial charge in [-0.25, -0.2) is 23.1 Å². The van der Waals surface area contributed by atoms with Crippen molar-refractivity contribution in [3.05, 3.63) is 53.5 Å². The molecule has 2 heterocycles. The van der Waals surface area contributed by atoms with Crippen molar-refractivity contribution >= 4 is 21.2 Å². The van der Waals surface area contributed by atoms with Gasteiger partial charge < -0.3 is 4.57 Å². The molecule has 0 aliphatic carbocycles. The minimum Gasteiger partial charge on any atom is -0.309 e. The van der Waals surface area contributed by atoms with Crippen LogP contribution in [-0.2, 0) is 16.6 Å². The number of nitrogens with one attached hydrogen (secondary N) is 1. The zero-order valence-corrected chi connectivity index (χ0v) is 15.6. The molecule has 3 rings (SSSR count). The molecule has 0 saturated carbocycles. The average Bonchev–Trinajstić information content (AvgIpc) is 2.94. The van der Waals surface area contributed by atoms with Gasteiger partial charge in [-0.3, -0.25) is 0 Å². The highest BCUT2D eigenvalue weighted by Crippen LogP contribution is 2.20. The Balaban J connectivity index is 1.94. The normalized spacial score (nSPS) is 12.2. The number of rotatable bonds is 5. The lowest BCUT2D eigenvalue weighted by molar-refractivity contribution is 0.556. The topological polar surface area (TPSA) is 76.9 Å². The molecule has 0 saturated heterocycles. The van der Waals surface area contributed by atoms with Crippen LogP contribution in [0, 0.1) is 13.8 Å². The van der Waals surface area contributed by atoms with Gasteiger partial charge in [0.05, 0.1) is 11.4 Å². The standard InChI is InChI=1S/C18H22N4O2S/c1-12(2)22-17(21-15-6-5-9-19-18(15)22)11-20-25(23,24)16-10-13(3)7-8-14(16)4/h5-10,12,20H,11H2,1-4H3. The number of fused-ring (bicyclic) bond motifs is 1. The van der Waals surface area contributed by atoms with Gasteiger partial charge in [0, 0.05) is 12.2 Å². The first-order valence-electron chi connectivity index (χ1n) is 8.18. The van der Waals surface area contributed by atoms with E-state index in [2.05, 4.69) is 14.7 Å². The first-order valence-corrected chi connectivity index (χ1v) is 9.66. The molecule has 6 nitrogen and oxygen atoms in total. The molecule has 0 bridgehead atoms. The van der Waals surface area contributed by atoms with Crippen molar-refractivity contribution in [2.24, 2.45) is 0 Å². The lowest BCUT2D eigenvalue weighted by Gasteiger charge is -2.14. The molecular formula is C18H22N4O2S. The molecule has 132 valence electrons. The Morgan fingerprint density at radius 2 is 1.96 bits per heavy atom. The van der Waals surface area contributed by atoms with Crippen molar-refractivity contribution < 1.29 is 8.42 Å². The summed E-state index contributed by atoms with van der Waals surface area (Å²) in [4.78, 5) is 9.22. The smallest absolute Gasteiger partial charge is 0.241 e. The van der Waals surface area contributed by atoms with Crippen LogP contribution in [0.5, 0.6) is 0 Å². The minimum absolute atomic E-state index is 0.115. The Hall–Kier alpha value is -2.25. The number of nitrogens with zero attached hydrogens (tertiary/aromatic N) is 3. The molecule has 0 aliphatic heterocycles. The van der Waals surface area contributed by atoms with Crippen LogP contribution in [-0.4, -0.2) is 23.0 Å². The molecule has 25 heavy (non-hydrogen) atoms. The van der Waals surface area contributed by atoms with Crippen molar-refractivity contribution in [3.8, 4) is 0 Å². The third-order valence-corrected chi connectivity index (χ3v) is 5.63. The molecule has 1 aromatic carbocycles. The number of aromatic nitrogens is 3. The Labute approximate surface area is 148 Å². The molecule has 0 fully saturated rings. The van der Waals surface area contributed by atoms with Crippen molar-refractivity contribution in [2.75, 3.05) is 0 Å². The number of hydrogen-bond acceptors (Lipinski definition) is 4. The van der Waals surface area contributed by atoms with E-state index in [1.807, 2.05) is 49.6 Å². The maximum Gasteiger partial charge on any atom is 0.241 e. The fourth-order valence-electron chi connectivity index (χ4n) is 2.88.